The number of benzene rings is 1. The van der Waals surface area contributed by atoms with Gasteiger partial charge in [-0.1, -0.05) is 17.3 Å². The van der Waals surface area contributed by atoms with Gasteiger partial charge in [-0.15, -0.1) is 0 Å². The van der Waals surface area contributed by atoms with Gasteiger partial charge in [-0.3, -0.25) is 4.98 Å². The van der Waals surface area contributed by atoms with Crippen LogP contribution in [0, 0.1) is 6.92 Å². The molecule has 2 amide bonds. The first-order chi connectivity index (χ1) is 13.2. The second kappa shape index (κ2) is 7.49. The number of hydrogen-bond acceptors (Lipinski definition) is 5. The fraction of sp³-hybridized carbons (Fsp3) is 0.250. The highest BCUT2D eigenvalue weighted by molar-refractivity contribution is 6.00. The number of aryl methyl sites for hydroxylation is 1. The van der Waals surface area contributed by atoms with E-state index in [1.54, 1.807) is 24.5 Å². The molecule has 3 aromatic rings. The number of nitrogens with one attached hydrogen (secondary N) is 2. The van der Waals surface area contributed by atoms with Crippen LogP contribution in [-0.4, -0.2) is 16.2 Å². The van der Waals surface area contributed by atoms with Crippen LogP contribution in [0.4, 0.5) is 16.2 Å². The topological polar surface area (TPSA) is 89.3 Å². The lowest BCUT2D eigenvalue weighted by Gasteiger charge is -2.10. The molecule has 1 fully saturated rings. The van der Waals surface area contributed by atoms with Crippen molar-refractivity contribution in [2.45, 2.75) is 32.3 Å². The number of carbonyl (C=O) groups excluding carboxylic acids is 1. The first-order valence-corrected chi connectivity index (χ1v) is 8.85. The summed E-state index contributed by atoms with van der Waals surface area (Å²) < 4.78 is 11.1. The number of carbonyl (C=O) groups is 1. The van der Waals surface area contributed by atoms with Gasteiger partial charge < -0.3 is 19.9 Å². The first kappa shape index (κ1) is 17.1. The fourth-order valence-electron chi connectivity index (χ4n) is 2.75. The van der Waals surface area contributed by atoms with Crippen molar-refractivity contribution in [3.63, 3.8) is 0 Å². The van der Waals surface area contributed by atoms with Crippen LogP contribution in [0.2, 0.25) is 0 Å². The molecular formula is C20H20N4O3. The third-order valence-corrected chi connectivity index (χ3v) is 4.30. The average molecular weight is 364 g/mol. The van der Waals surface area contributed by atoms with Crippen LogP contribution in [0.15, 0.2) is 53.3 Å². The Bertz CT molecular complexity index is 935. The number of amides is 2. The molecular weight excluding hydrogens is 344 g/mol. The zero-order chi connectivity index (χ0) is 18.6. The molecule has 0 bridgehead atoms. The van der Waals surface area contributed by atoms with Crippen LogP contribution in [0.5, 0.6) is 5.75 Å². The standard InChI is InChI=1S/C20H20N4O3/c1-13-18(19(27-24-13)15-7-8-15)23-20(25)22-16-5-2-6-17(10-16)26-12-14-4-3-9-21-11-14/h2-6,9-11,15H,7-8,12H2,1H3,(H2,22,23,25). The van der Waals surface area contributed by atoms with E-state index in [0.29, 0.717) is 35.3 Å². The Balaban J connectivity index is 1.38. The summed E-state index contributed by atoms with van der Waals surface area (Å²) in [4.78, 5) is 16.4. The van der Waals surface area contributed by atoms with Gasteiger partial charge in [0.05, 0.1) is 0 Å². The SMILES string of the molecule is Cc1noc(C2CC2)c1NC(=O)Nc1cccc(OCc2cccnc2)c1. The van der Waals surface area contributed by atoms with Crippen molar-refractivity contribution in [3.05, 3.63) is 65.8 Å². The fourth-order valence-corrected chi connectivity index (χ4v) is 2.75. The van der Waals surface area contributed by atoms with Gasteiger partial charge in [-0.25, -0.2) is 4.79 Å². The summed E-state index contributed by atoms with van der Waals surface area (Å²) in [6.45, 7) is 2.23. The Labute approximate surface area is 156 Å². The maximum absolute atomic E-state index is 12.4. The molecule has 0 atom stereocenters. The van der Waals surface area contributed by atoms with Gasteiger partial charge in [0, 0.05) is 35.6 Å². The maximum atomic E-state index is 12.4. The van der Waals surface area contributed by atoms with E-state index in [1.807, 2.05) is 31.2 Å². The number of pyridine rings is 1. The summed E-state index contributed by atoms with van der Waals surface area (Å²) in [5, 5.41) is 9.63. The Hall–Kier alpha value is -3.35. The lowest BCUT2D eigenvalue weighted by Crippen LogP contribution is -2.20. The number of rotatable bonds is 6. The second-order valence-corrected chi connectivity index (χ2v) is 6.54. The monoisotopic (exact) mass is 364 g/mol. The second-order valence-electron chi connectivity index (χ2n) is 6.54. The highest BCUT2D eigenvalue weighted by atomic mass is 16.5. The Kier molecular flexibility index (Phi) is 4.74. The van der Waals surface area contributed by atoms with Crippen LogP contribution in [0.3, 0.4) is 0 Å². The van der Waals surface area contributed by atoms with Crippen molar-refractivity contribution in [2.24, 2.45) is 0 Å². The zero-order valence-electron chi connectivity index (χ0n) is 14.9. The van der Waals surface area contributed by atoms with Gasteiger partial charge in [0.15, 0.2) is 5.76 Å². The molecule has 27 heavy (non-hydrogen) atoms. The van der Waals surface area contributed by atoms with E-state index in [0.717, 1.165) is 24.2 Å². The highest BCUT2D eigenvalue weighted by Crippen LogP contribution is 2.44. The predicted octanol–water partition coefficient (Wildman–Crippen LogP) is 4.48. The van der Waals surface area contributed by atoms with Gasteiger partial charge in [-0.05, 0) is 38.0 Å². The number of anilines is 2. The van der Waals surface area contributed by atoms with E-state index in [4.69, 9.17) is 9.26 Å². The molecule has 0 radical (unpaired) electrons. The van der Waals surface area contributed by atoms with Crippen LogP contribution >= 0.6 is 0 Å². The minimum absolute atomic E-state index is 0.340. The predicted molar refractivity (Wildman–Crippen MR) is 101 cm³/mol. The quantitative estimate of drug-likeness (QED) is 0.673. The average Bonchev–Trinajstić information content (AvgIpc) is 3.46. The van der Waals surface area contributed by atoms with E-state index in [2.05, 4.69) is 20.8 Å². The number of nitrogens with zero attached hydrogens (tertiary/aromatic N) is 2. The molecule has 1 saturated carbocycles. The molecule has 138 valence electrons. The number of hydrogen-bond donors (Lipinski definition) is 2. The summed E-state index contributed by atoms with van der Waals surface area (Å²) >= 11 is 0. The van der Waals surface area contributed by atoms with Gasteiger partial charge in [0.1, 0.15) is 23.7 Å². The van der Waals surface area contributed by atoms with Crippen LogP contribution in [-0.2, 0) is 6.61 Å². The molecule has 0 saturated heterocycles. The molecule has 1 aliphatic rings. The minimum Gasteiger partial charge on any atom is -0.489 e. The molecule has 1 aliphatic carbocycles. The van der Waals surface area contributed by atoms with Crippen molar-refractivity contribution in [3.8, 4) is 5.75 Å². The Morgan fingerprint density at radius 1 is 1.26 bits per heavy atom. The molecule has 0 unspecified atom stereocenters. The highest BCUT2D eigenvalue weighted by Gasteiger charge is 2.32. The molecule has 7 heteroatoms. The molecule has 2 aromatic heterocycles. The van der Waals surface area contributed by atoms with Crippen LogP contribution in [0.25, 0.3) is 0 Å². The van der Waals surface area contributed by atoms with Crippen LogP contribution in [0.1, 0.15) is 35.8 Å². The lowest BCUT2D eigenvalue weighted by molar-refractivity contribution is 0.262. The smallest absolute Gasteiger partial charge is 0.323 e. The van der Waals surface area contributed by atoms with Crippen molar-refractivity contribution in [2.75, 3.05) is 10.6 Å². The van der Waals surface area contributed by atoms with E-state index < -0.39 is 0 Å². The first-order valence-electron chi connectivity index (χ1n) is 8.85. The third-order valence-electron chi connectivity index (χ3n) is 4.30. The van der Waals surface area contributed by atoms with E-state index >= 15 is 0 Å². The van der Waals surface area contributed by atoms with Gasteiger partial charge in [0.2, 0.25) is 0 Å². The minimum atomic E-state index is -0.340. The zero-order valence-corrected chi connectivity index (χ0v) is 14.9. The Morgan fingerprint density at radius 2 is 2.15 bits per heavy atom. The molecule has 0 spiro atoms. The molecule has 2 heterocycles. The summed E-state index contributed by atoms with van der Waals surface area (Å²) in [6, 6.07) is 10.7. The van der Waals surface area contributed by atoms with Gasteiger partial charge >= 0.3 is 6.03 Å². The Morgan fingerprint density at radius 3 is 2.93 bits per heavy atom. The third kappa shape index (κ3) is 4.25. The van der Waals surface area contributed by atoms with Crippen molar-refractivity contribution in [1.82, 2.24) is 10.1 Å². The van der Waals surface area contributed by atoms with Crippen LogP contribution < -0.4 is 15.4 Å². The normalized spacial score (nSPS) is 13.2. The molecule has 7 nitrogen and oxygen atoms in total. The van der Waals surface area contributed by atoms with E-state index in [9.17, 15) is 4.79 Å². The summed E-state index contributed by atoms with van der Waals surface area (Å²) in [7, 11) is 0. The molecule has 2 N–H and O–H groups in total. The lowest BCUT2D eigenvalue weighted by atomic mass is 10.2. The van der Waals surface area contributed by atoms with Crippen molar-refractivity contribution in [1.29, 1.82) is 0 Å². The van der Waals surface area contributed by atoms with Gasteiger partial charge in [-0.2, -0.15) is 0 Å². The van der Waals surface area contributed by atoms with Gasteiger partial charge in [0.25, 0.3) is 0 Å². The molecule has 1 aromatic carbocycles. The largest absolute Gasteiger partial charge is 0.489 e. The van der Waals surface area contributed by atoms with E-state index in [-0.39, 0.29) is 6.03 Å². The van der Waals surface area contributed by atoms with Crippen molar-refractivity contribution < 1.29 is 14.1 Å². The summed E-state index contributed by atoms with van der Waals surface area (Å²) in [5.41, 5.74) is 2.96. The molecule has 0 aliphatic heterocycles. The van der Waals surface area contributed by atoms with E-state index in [1.165, 1.54) is 0 Å². The summed E-state index contributed by atoms with van der Waals surface area (Å²) in [5.74, 6) is 1.79. The summed E-state index contributed by atoms with van der Waals surface area (Å²) in [6.07, 6.45) is 5.62. The van der Waals surface area contributed by atoms with Crippen molar-refractivity contribution >= 4 is 17.4 Å². The number of urea groups is 1. The maximum Gasteiger partial charge on any atom is 0.323 e. The number of aromatic nitrogens is 2. The number of ether oxygens (including phenoxy) is 1. The molecule has 4 rings (SSSR count).